The maximum absolute atomic E-state index is 10.8. The quantitative estimate of drug-likeness (QED) is 0.0182. The molecule has 0 atom stereocenters. The first-order chi connectivity index (χ1) is 69.8. The second-order valence-corrected chi connectivity index (χ2v) is 52.9. The van der Waals surface area contributed by atoms with Crippen molar-refractivity contribution in [2.45, 2.75) is 252 Å². The van der Waals surface area contributed by atoms with Crippen LogP contribution in [-0.2, 0) is 29.2 Å². The fourth-order valence-corrected chi connectivity index (χ4v) is 33.0. The van der Waals surface area contributed by atoms with Gasteiger partial charge in [0, 0.05) is 91.3 Å². The van der Waals surface area contributed by atoms with E-state index in [1.165, 1.54) is 220 Å². The topological polar surface area (TPSA) is 155 Å². The van der Waals surface area contributed by atoms with Crippen LogP contribution in [0.2, 0.25) is 0 Å². The number of hydrogen-bond donors (Lipinski definition) is 2. The van der Waals surface area contributed by atoms with E-state index < -0.39 is 23.4 Å². The van der Waals surface area contributed by atoms with Crippen molar-refractivity contribution in [2.75, 3.05) is 45.8 Å². The van der Waals surface area contributed by atoms with E-state index in [1.807, 2.05) is 58.0 Å². The number of nitrogens with zero attached hydrogens (tertiary/aromatic N) is 8. The molecule has 2 aliphatic heterocycles. The molecule has 7 aliphatic rings. The van der Waals surface area contributed by atoms with E-state index in [0.717, 1.165) is 68.4 Å². The fourth-order valence-electron chi connectivity index (χ4n) is 23.1. The number of halogens is 4. The number of aryl methyl sites for hydroxylation is 20. The Morgan fingerprint density at radius 2 is 0.753 bits per heavy atom. The summed E-state index contributed by atoms with van der Waals surface area (Å²) in [6.45, 7) is 57.1. The third kappa shape index (κ3) is 28.2. The van der Waals surface area contributed by atoms with Gasteiger partial charge in [-0.25, -0.2) is 0 Å². The minimum absolute atomic E-state index is 0.0273. The minimum atomic E-state index is -1.92. The van der Waals surface area contributed by atoms with Gasteiger partial charge >= 0.3 is 258 Å². The zero-order valence-corrected chi connectivity index (χ0v) is 97.0. The zero-order valence-electron chi connectivity index (χ0n) is 88.7. The number of phenols is 2. The second-order valence-electron chi connectivity index (χ2n) is 40.6. The van der Waals surface area contributed by atoms with Gasteiger partial charge in [-0.05, 0) is 290 Å². The molecule has 12 aromatic rings. The number of nitro benzene ring substituents is 2. The number of benzene rings is 12. The van der Waals surface area contributed by atoms with E-state index >= 15 is 0 Å². The van der Waals surface area contributed by atoms with E-state index in [9.17, 15) is 30.4 Å². The maximum atomic E-state index is 10.8. The van der Waals surface area contributed by atoms with Gasteiger partial charge in [0.05, 0.1) is 45.0 Å². The molecule has 0 bridgehead atoms. The van der Waals surface area contributed by atoms with Gasteiger partial charge in [-0.15, -0.1) is 0 Å². The SMILES string of the molecule is C1CCC([PH+](C2CCCCC2)C2CCCCC2)CC1.C=[N+]([CH-]c1cc([N+](=O)[O-])ccc1O)c1c(C)cccc1C.Cc1cc(Br)cc(C)c1N=Cc1cc([N+](=O)[O-])ccc1O.Cc1cc(C)c(N2[CH-]N(c3c(C)cc(C)cc3C)CC2)c(C)c1.Cc1cc(C)c(N2[CH-]N(c3c(C)cc(C)cc3C)CC2)c(C)c1.Cc1ccccc1C1=C[C](=[Ru]([Cl])[Cl])c2cccc(C)c21.Cc1ccccc1C1=C[C](=[Ru][Cl])c2cccc(C)c21. The Kier molecular flexibility index (Phi) is 40.4. The molecule has 19 rings (SSSR count). The molecule has 2 N–H and O–H groups in total. The number of para-hydroxylation sites is 1. The third-order valence-corrected chi connectivity index (χ3v) is 39.2. The number of allylic oxidation sites excluding steroid dienone is 2. The van der Waals surface area contributed by atoms with Gasteiger partial charge in [0.15, 0.2) is 5.69 Å². The molecule has 2 heterocycles. The standard InChI is InChI=1S/2C21H27N2.C18H33P.2C17H14.C16H16N2O3.C15H13BrN2O3.3ClH.2Ru/c2*1-14-9-16(3)20(17(4)10-14)22-7-8-23(13-22)21-18(5)11-15(2)12-19(21)6;1-4-10-16(11-5-1)19(17-12-6-2-7-13-17)18-14-8-3-9-15-18;2*1-12-6-3-4-9-15(12)16-11-10-14-8-5-7-13(2)17(14)16;1-11-5-4-6-12(2)16(11)17(3)10-13-9-14(18(20)21)7-8-15(13)19;1-9-5-12(16)6-10(2)15(9)17-8-11-7-13(18(20)21)3-4-14(11)19;;;;;/h2*9-13H,7-8H2,1-6H3;16-18H,1-15H2;2*3-9,11H,1-2H3;4-10,19H,3H2,1-2H3;3-8,19H,1-2H3;3*1H;;/q2*-1;;;;;;;;;+1;+2/p-2. The average Bonchev–Trinajstić information content (AvgIpc) is 1.61. The Morgan fingerprint density at radius 3 is 1.13 bits per heavy atom. The van der Waals surface area contributed by atoms with Gasteiger partial charge in [-0.1, -0.05) is 124 Å². The Balaban J connectivity index is 0.000000143. The number of non-ortho nitro benzene ring substituents is 2. The van der Waals surface area contributed by atoms with Crippen LogP contribution in [0.15, 0.2) is 222 Å². The summed E-state index contributed by atoms with van der Waals surface area (Å²) >= 11 is 1.26. The predicted molar refractivity (Wildman–Crippen MR) is 621 cm³/mol. The summed E-state index contributed by atoms with van der Waals surface area (Å²) in [5.74, 6) is -0.0720. The molecule has 0 amide bonds. The molecule has 146 heavy (non-hydrogen) atoms. The van der Waals surface area contributed by atoms with Gasteiger partial charge in [0.25, 0.3) is 5.69 Å². The van der Waals surface area contributed by atoms with Gasteiger partial charge in [0.2, 0.25) is 5.69 Å². The van der Waals surface area contributed by atoms with Crippen LogP contribution in [0.5, 0.6) is 11.5 Å². The Morgan fingerprint density at radius 1 is 0.418 bits per heavy atom. The van der Waals surface area contributed by atoms with E-state index in [2.05, 4.69) is 317 Å². The molecular weight excluding hydrogens is 2130 g/mol. The number of hydrogen-bond acceptors (Lipinski definition) is 11. The van der Waals surface area contributed by atoms with Gasteiger partial charge in [-0.3, -0.25) is 29.8 Å². The van der Waals surface area contributed by atoms with Crippen molar-refractivity contribution in [3.63, 3.8) is 0 Å². The van der Waals surface area contributed by atoms with Crippen LogP contribution >= 0.6 is 52.9 Å². The molecule has 12 aromatic carbocycles. The number of fused-ring (bicyclic) bond motifs is 2. The molecule has 0 radical (unpaired) electrons. The molecule has 5 aliphatic carbocycles. The second kappa shape index (κ2) is 52.2. The van der Waals surface area contributed by atoms with Crippen molar-refractivity contribution in [1.29, 1.82) is 0 Å². The fraction of sp³-hybridized carbons (Fsp3) is 0.336. The first kappa shape index (κ1) is 113. The van der Waals surface area contributed by atoms with E-state index in [-0.39, 0.29) is 46.5 Å². The molecule has 0 aromatic heterocycles. The van der Waals surface area contributed by atoms with Gasteiger partial charge < -0.3 is 29.8 Å². The number of rotatable bonds is 16. The molecule has 0 unspecified atom stereocenters. The molecule has 21 heteroatoms. The van der Waals surface area contributed by atoms with Crippen LogP contribution in [-0.4, -0.2) is 88.9 Å². The van der Waals surface area contributed by atoms with Crippen molar-refractivity contribution < 1.29 is 53.8 Å². The first-order valence-electron chi connectivity index (χ1n) is 51.2. The van der Waals surface area contributed by atoms with Crippen LogP contribution in [0.3, 0.4) is 0 Å². The van der Waals surface area contributed by atoms with Crippen molar-refractivity contribution in [1.82, 2.24) is 0 Å². The summed E-state index contributed by atoms with van der Waals surface area (Å²) < 4.78 is 5.03. The van der Waals surface area contributed by atoms with E-state index in [1.54, 1.807) is 107 Å². The Labute approximate surface area is 903 Å². The number of anilines is 4. The molecule has 2 saturated heterocycles. The number of aromatic hydroxyl groups is 2. The van der Waals surface area contributed by atoms with Crippen LogP contribution in [0.4, 0.5) is 45.5 Å². The third-order valence-electron chi connectivity index (χ3n) is 29.1. The van der Waals surface area contributed by atoms with Crippen LogP contribution in [0.1, 0.15) is 252 Å². The molecule has 14 nitrogen and oxygen atoms in total. The van der Waals surface area contributed by atoms with E-state index in [0.29, 0.717) is 11.1 Å². The first-order valence-corrected chi connectivity index (χ1v) is 62.2. The molecule has 5 fully saturated rings. The van der Waals surface area contributed by atoms with Crippen LogP contribution < -0.4 is 19.6 Å². The van der Waals surface area contributed by atoms with Crippen molar-refractivity contribution in [3.05, 3.63) is 413 Å². The summed E-state index contributed by atoms with van der Waals surface area (Å²) in [5.41, 5.74) is 47.1. The van der Waals surface area contributed by atoms with Crippen LogP contribution in [0.25, 0.3) is 11.1 Å². The number of phenolic OH excluding ortho intramolecular Hbond substituents is 2. The van der Waals surface area contributed by atoms with Crippen LogP contribution in [0, 0.1) is 179 Å². The van der Waals surface area contributed by atoms with Crippen molar-refractivity contribution in [3.8, 4) is 11.5 Å². The van der Waals surface area contributed by atoms with Gasteiger partial charge in [0.1, 0.15) is 12.3 Å². The van der Waals surface area contributed by atoms with E-state index in [4.69, 9.17) is 29.1 Å². The normalized spacial score (nSPS) is 15.4. The monoisotopic (exact) mass is 2270 g/mol. The van der Waals surface area contributed by atoms with Crippen molar-refractivity contribution >= 4 is 131 Å². The molecule has 0 spiro atoms. The van der Waals surface area contributed by atoms with Crippen molar-refractivity contribution in [2.24, 2.45) is 4.99 Å². The summed E-state index contributed by atoms with van der Waals surface area (Å²) in [5, 5.41) is 41.2. The Hall–Kier alpha value is -10.3. The predicted octanol–water partition coefficient (Wildman–Crippen LogP) is 33.8. The summed E-state index contributed by atoms with van der Waals surface area (Å²) in [6.07, 6.45) is 29.7. The molecule has 3 saturated carbocycles. The molecule has 771 valence electrons. The number of aliphatic imine (C=N–C) groups is 1. The summed E-state index contributed by atoms with van der Waals surface area (Å²) in [4.78, 5) is 34.5. The Bertz CT molecular complexity index is 6530. The average molecular weight is 2270 g/mol. The molecular formula is C125H145BrCl3N8O6PRu2-. The van der Waals surface area contributed by atoms with Gasteiger partial charge in [-0.2, -0.15) is 13.3 Å². The number of nitro groups is 2. The summed E-state index contributed by atoms with van der Waals surface area (Å²) in [6, 6.07) is 65.6. The zero-order chi connectivity index (χ0) is 105. The summed E-state index contributed by atoms with van der Waals surface area (Å²) in [7, 11) is 18.7.